The minimum atomic E-state index is -3.99. The number of piperazine rings is 1. The summed E-state index contributed by atoms with van der Waals surface area (Å²) in [5, 5.41) is 0. The maximum Gasteiger partial charge on any atom is 0.387 e. The van der Waals surface area contributed by atoms with Gasteiger partial charge < -0.3 is 19.3 Å². The largest absolute Gasteiger partial charge is 0.495 e. The molecule has 10 heteroatoms. The summed E-state index contributed by atoms with van der Waals surface area (Å²) >= 11 is 0. The zero-order valence-electron chi connectivity index (χ0n) is 17.1. The maximum atomic E-state index is 13.1. The van der Waals surface area contributed by atoms with Crippen LogP contribution in [0, 0.1) is 0 Å². The van der Waals surface area contributed by atoms with Gasteiger partial charge in [-0.05, 0) is 37.4 Å². The van der Waals surface area contributed by atoms with Crippen LogP contribution in [-0.2, 0) is 10.0 Å². The smallest absolute Gasteiger partial charge is 0.387 e. The molecule has 0 N–H and O–H groups in total. The van der Waals surface area contributed by atoms with Crippen molar-refractivity contribution in [3.63, 3.8) is 0 Å². The molecule has 0 spiro atoms. The van der Waals surface area contributed by atoms with Crippen molar-refractivity contribution in [2.75, 3.05) is 56.6 Å². The van der Waals surface area contributed by atoms with Gasteiger partial charge in [0.1, 0.15) is 11.5 Å². The highest BCUT2D eigenvalue weighted by Crippen LogP contribution is 2.35. The van der Waals surface area contributed by atoms with Crippen LogP contribution in [0.1, 0.15) is 0 Å². The molecule has 2 aromatic rings. The van der Waals surface area contributed by atoms with Gasteiger partial charge in [0.2, 0.25) is 0 Å². The van der Waals surface area contributed by atoms with E-state index in [1.54, 1.807) is 25.3 Å². The average Bonchev–Trinajstić information content (AvgIpc) is 2.73. The molecule has 164 valence electrons. The molecule has 1 heterocycles. The Morgan fingerprint density at radius 2 is 1.77 bits per heavy atom. The van der Waals surface area contributed by atoms with Gasteiger partial charge in [-0.2, -0.15) is 8.78 Å². The molecule has 3 rings (SSSR count). The standard InChI is InChI=1S/C20H25F2N3O4S/c1-23-9-11-25(12-10-23)18-13-15(7-8-19(18)28-3)24(2)30(26,27)17-6-4-5-16(14-17)29-20(21)22/h4-8,13-14,20H,9-12H2,1-3H3. The van der Waals surface area contributed by atoms with Gasteiger partial charge in [-0.15, -0.1) is 0 Å². The second kappa shape index (κ2) is 9.05. The van der Waals surface area contributed by atoms with E-state index >= 15 is 0 Å². The van der Waals surface area contributed by atoms with Crippen LogP contribution in [-0.4, -0.2) is 67.3 Å². The van der Waals surface area contributed by atoms with Crippen molar-refractivity contribution >= 4 is 21.4 Å². The topological polar surface area (TPSA) is 62.3 Å². The zero-order valence-corrected chi connectivity index (χ0v) is 17.9. The second-order valence-electron chi connectivity index (χ2n) is 6.97. The number of likely N-dealkylation sites (N-methyl/N-ethyl adjacent to an activating group) is 1. The molecule has 0 unspecified atom stereocenters. The summed E-state index contributed by atoms with van der Waals surface area (Å²) in [6.07, 6.45) is 0. The third kappa shape index (κ3) is 4.76. The van der Waals surface area contributed by atoms with Crippen molar-refractivity contribution in [3.05, 3.63) is 42.5 Å². The Bertz CT molecular complexity index is 980. The fourth-order valence-electron chi connectivity index (χ4n) is 3.28. The average molecular weight is 442 g/mol. The minimum Gasteiger partial charge on any atom is -0.495 e. The lowest BCUT2D eigenvalue weighted by Gasteiger charge is -2.35. The summed E-state index contributed by atoms with van der Waals surface area (Å²) in [5.41, 5.74) is 1.24. The lowest BCUT2D eigenvalue weighted by Crippen LogP contribution is -2.44. The number of nitrogens with zero attached hydrogens (tertiary/aromatic N) is 3. The van der Waals surface area contributed by atoms with Gasteiger partial charge in [-0.3, -0.25) is 4.31 Å². The van der Waals surface area contributed by atoms with Crippen LogP contribution in [0.25, 0.3) is 0 Å². The molecule has 1 fully saturated rings. The number of alkyl halides is 2. The predicted molar refractivity (Wildman–Crippen MR) is 111 cm³/mol. The number of sulfonamides is 1. The van der Waals surface area contributed by atoms with Gasteiger partial charge in [0, 0.05) is 39.3 Å². The Labute approximate surface area is 175 Å². The van der Waals surface area contributed by atoms with Crippen molar-refractivity contribution < 1.29 is 26.7 Å². The number of halogens is 2. The molecular weight excluding hydrogens is 416 g/mol. The molecule has 1 aliphatic rings. The summed E-state index contributed by atoms with van der Waals surface area (Å²) in [5.74, 6) is 0.439. The summed E-state index contributed by atoms with van der Waals surface area (Å²) in [4.78, 5) is 4.23. The molecule has 0 aliphatic carbocycles. The number of hydrogen-bond donors (Lipinski definition) is 0. The van der Waals surface area contributed by atoms with Crippen LogP contribution in [0.3, 0.4) is 0 Å². The van der Waals surface area contributed by atoms with E-state index in [4.69, 9.17) is 4.74 Å². The third-order valence-electron chi connectivity index (χ3n) is 5.06. The highest BCUT2D eigenvalue weighted by Gasteiger charge is 2.25. The first-order chi connectivity index (χ1) is 14.2. The Morgan fingerprint density at radius 3 is 2.40 bits per heavy atom. The van der Waals surface area contributed by atoms with Crippen LogP contribution >= 0.6 is 0 Å². The summed E-state index contributed by atoms with van der Waals surface area (Å²) < 4.78 is 62.1. The maximum absolute atomic E-state index is 13.1. The third-order valence-corrected chi connectivity index (χ3v) is 6.84. The molecule has 0 radical (unpaired) electrons. The SMILES string of the molecule is COc1ccc(N(C)S(=O)(=O)c2cccc(OC(F)F)c2)cc1N1CCN(C)CC1. The molecule has 1 saturated heterocycles. The Kier molecular flexibility index (Phi) is 6.67. The minimum absolute atomic E-state index is 0.139. The van der Waals surface area contributed by atoms with Crippen LogP contribution in [0.15, 0.2) is 47.4 Å². The lowest BCUT2D eigenvalue weighted by atomic mass is 10.2. The molecular formula is C20H25F2N3O4S. The number of rotatable bonds is 7. The highest BCUT2D eigenvalue weighted by molar-refractivity contribution is 7.92. The normalized spacial score (nSPS) is 15.3. The van der Waals surface area contributed by atoms with E-state index in [2.05, 4.69) is 21.6 Å². The summed E-state index contributed by atoms with van der Waals surface area (Å²) in [6.45, 7) is 0.324. The first kappa shape index (κ1) is 22.1. The molecule has 0 bridgehead atoms. The molecule has 7 nitrogen and oxygen atoms in total. The molecule has 0 aromatic heterocycles. The van der Waals surface area contributed by atoms with Crippen molar-refractivity contribution in [3.8, 4) is 11.5 Å². The number of anilines is 2. The predicted octanol–water partition coefficient (Wildman–Crippen LogP) is 2.87. The number of methoxy groups -OCH3 is 1. The first-order valence-corrected chi connectivity index (χ1v) is 10.8. The fraction of sp³-hybridized carbons (Fsp3) is 0.400. The van der Waals surface area contributed by atoms with Gasteiger partial charge >= 0.3 is 6.61 Å². The number of benzene rings is 2. The van der Waals surface area contributed by atoms with E-state index in [1.165, 1.54) is 25.2 Å². The molecule has 0 atom stereocenters. The van der Waals surface area contributed by atoms with Gasteiger partial charge in [0.05, 0.1) is 23.4 Å². The first-order valence-electron chi connectivity index (χ1n) is 9.37. The van der Waals surface area contributed by atoms with Crippen LogP contribution in [0.2, 0.25) is 0 Å². The van der Waals surface area contributed by atoms with E-state index in [9.17, 15) is 17.2 Å². The summed E-state index contributed by atoms with van der Waals surface area (Å²) in [6, 6.07) is 10.2. The molecule has 0 amide bonds. The van der Waals surface area contributed by atoms with Crippen molar-refractivity contribution in [1.82, 2.24) is 4.90 Å². The van der Waals surface area contributed by atoms with E-state index in [0.29, 0.717) is 11.4 Å². The lowest BCUT2D eigenvalue weighted by molar-refractivity contribution is -0.0499. The number of ether oxygens (including phenoxy) is 2. The van der Waals surface area contributed by atoms with Crippen molar-refractivity contribution in [1.29, 1.82) is 0 Å². The molecule has 0 saturated carbocycles. The fourth-order valence-corrected chi connectivity index (χ4v) is 4.50. The van der Waals surface area contributed by atoms with Crippen LogP contribution < -0.4 is 18.7 Å². The molecule has 2 aromatic carbocycles. The van der Waals surface area contributed by atoms with Crippen molar-refractivity contribution in [2.24, 2.45) is 0 Å². The second-order valence-corrected chi connectivity index (χ2v) is 8.94. The van der Waals surface area contributed by atoms with Crippen LogP contribution in [0.5, 0.6) is 11.5 Å². The van der Waals surface area contributed by atoms with Crippen molar-refractivity contribution in [2.45, 2.75) is 11.5 Å². The quantitative estimate of drug-likeness (QED) is 0.659. The van der Waals surface area contributed by atoms with Crippen LogP contribution in [0.4, 0.5) is 20.2 Å². The van der Waals surface area contributed by atoms with Gasteiger partial charge in [0.25, 0.3) is 10.0 Å². The van der Waals surface area contributed by atoms with E-state index in [1.807, 2.05) is 0 Å². The summed E-state index contributed by atoms with van der Waals surface area (Å²) in [7, 11) is 1.06. The highest BCUT2D eigenvalue weighted by atomic mass is 32.2. The Balaban J connectivity index is 1.92. The van der Waals surface area contributed by atoms with Gasteiger partial charge in [-0.25, -0.2) is 8.42 Å². The van der Waals surface area contributed by atoms with Gasteiger partial charge in [-0.1, -0.05) is 6.07 Å². The van der Waals surface area contributed by atoms with E-state index in [0.717, 1.165) is 42.2 Å². The Hall–Kier alpha value is -2.59. The van der Waals surface area contributed by atoms with E-state index < -0.39 is 16.6 Å². The Morgan fingerprint density at radius 1 is 1.07 bits per heavy atom. The molecule has 30 heavy (non-hydrogen) atoms. The van der Waals surface area contributed by atoms with Gasteiger partial charge in [0.15, 0.2) is 0 Å². The zero-order chi connectivity index (χ0) is 21.9. The number of hydrogen-bond acceptors (Lipinski definition) is 6. The molecule has 1 aliphatic heterocycles. The monoisotopic (exact) mass is 441 g/mol. The van der Waals surface area contributed by atoms with E-state index in [-0.39, 0.29) is 10.6 Å².